The second kappa shape index (κ2) is 5.47. The van der Waals surface area contributed by atoms with E-state index < -0.39 is 0 Å². The van der Waals surface area contributed by atoms with E-state index in [1.807, 2.05) is 25.3 Å². The van der Waals surface area contributed by atoms with Crippen molar-refractivity contribution in [2.75, 3.05) is 6.54 Å². The summed E-state index contributed by atoms with van der Waals surface area (Å²) in [5.41, 5.74) is 3.26. The van der Waals surface area contributed by atoms with Gasteiger partial charge in [0.2, 0.25) is 0 Å². The minimum atomic E-state index is 0.112. The SMILES string of the molecule is CCNC(c1ccc(C)nc1)c1ccoc1Br. The third-order valence-electron chi connectivity index (χ3n) is 2.63. The first kappa shape index (κ1) is 12.3. The van der Waals surface area contributed by atoms with Crippen molar-refractivity contribution >= 4 is 15.9 Å². The van der Waals surface area contributed by atoms with E-state index in [-0.39, 0.29) is 6.04 Å². The van der Waals surface area contributed by atoms with Gasteiger partial charge in [-0.15, -0.1) is 0 Å². The Bertz CT molecular complexity index is 478. The number of pyridine rings is 1. The fourth-order valence-electron chi connectivity index (χ4n) is 1.77. The lowest BCUT2D eigenvalue weighted by Gasteiger charge is -2.17. The Morgan fingerprint density at radius 3 is 2.76 bits per heavy atom. The van der Waals surface area contributed by atoms with E-state index >= 15 is 0 Å². The summed E-state index contributed by atoms with van der Waals surface area (Å²) in [5, 5.41) is 3.43. The van der Waals surface area contributed by atoms with Gasteiger partial charge in [-0.2, -0.15) is 0 Å². The van der Waals surface area contributed by atoms with Crippen LogP contribution in [-0.2, 0) is 0 Å². The van der Waals surface area contributed by atoms with Crippen LogP contribution in [0.5, 0.6) is 0 Å². The maximum Gasteiger partial charge on any atom is 0.174 e. The first-order valence-electron chi connectivity index (χ1n) is 5.61. The Morgan fingerprint density at radius 2 is 2.24 bits per heavy atom. The zero-order chi connectivity index (χ0) is 12.3. The van der Waals surface area contributed by atoms with Gasteiger partial charge in [-0.1, -0.05) is 13.0 Å². The molecule has 0 aliphatic carbocycles. The minimum Gasteiger partial charge on any atom is -0.457 e. The van der Waals surface area contributed by atoms with Crippen molar-refractivity contribution in [2.24, 2.45) is 0 Å². The molecule has 1 N–H and O–H groups in total. The number of aromatic nitrogens is 1. The van der Waals surface area contributed by atoms with E-state index in [4.69, 9.17) is 4.42 Å². The van der Waals surface area contributed by atoms with Crippen LogP contribution in [-0.4, -0.2) is 11.5 Å². The molecule has 0 aliphatic heterocycles. The first-order chi connectivity index (χ1) is 8.22. The van der Waals surface area contributed by atoms with Crippen molar-refractivity contribution in [1.29, 1.82) is 0 Å². The Morgan fingerprint density at radius 1 is 1.41 bits per heavy atom. The summed E-state index contributed by atoms with van der Waals surface area (Å²) in [4.78, 5) is 4.34. The molecule has 0 radical (unpaired) electrons. The van der Waals surface area contributed by atoms with Crippen LogP contribution in [0.15, 0.2) is 39.7 Å². The number of rotatable bonds is 4. The van der Waals surface area contributed by atoms with Gasteiger partial charge in [-0.05, 0) is 47.1 Å². The molecule has 0 bridgehead atoms. The van der Waals surface area contributed by atoms with Crippen LogP contribution >= 0.6 is 15.9 Å². The van der Waals surface area contributed by atoms with Gasteiger partial charge in [0.05, 0.1) is 12.3 Å². The molecule has 2 aromatic rings. The summed E-state index contributed by atoms with van der Waals surface area (Å²) in [6, 6.07) is 6.20. The Balaban J connectivity index is 2.35. The lowest BCUT2D eigenvalue weighted by atomic mass is 10.0. The van der Waals surface area contributed by atoms with Gasteiger partial charge < -0.3 is 9.73 Å². The normalized spacial score (nSPS) is 12.6. The van der Waals surface area contributed by atoms with Crippen molar-refractivity contribution in [3.63, 3.8) is 0 Å². The topological polar surface area (TPSA) is 38.1 Å². The van der Waals surface area contributed by atoms with Gasteiger partial charge in [0, 0.05) is 17.5 Å². The van der Waals surface area contributed by atoms with Gasteiger partial charge >= 0.3 is 0 Å². The third kappa shape index (κ3) is 2.76. The van der Waals surface area contributed by atoms with Gasteiger partial charge in [-0.25, -0.2) is 0 Å². The molecule has 0 amide bonds. The Kier molecular flexibility index (Phi) is 3.97. The van der Waals surface area contributed by atoms with E-state index in [9.17, 15) is 0 Å². The molecule has 1 unspecified atom stereocenters. The molecule has 0 saturated heterocycles. The highest BCUT2D eigenvalue weighted by Gasteiger charge is 2.17. The zero-order valence-corrected chi connectivity index (χ0v) is 11.5. The molecule has 0 aliphatic rings. The summed E-state index contributed by atoms with van der Waals surface area (Å²) in [6.45, 7) is 4.96. The molecule has 3 nitrogen and oxygen atoms in total. The van der Waals surface area contributed by atoms with Gasteiger partial charge in [0.1, 0.15) is 0 Å². The largest absolute Gasteiger partial charge is 0.457 e. The lowest BCUT2D eigenvalue weighted by Crippen LogP contribution is -2.22. The number of furan rings is 1. The van der Waals surface area contributed by atoms with Crippen LogP contribution in [0, 0.1) is 6.92 Å². The van der Waals surface area contributed by atoms with Crippen molar-refractivity contribution in [3.8, 4) is 0 Å². The molecule has 4 heteroatoms. The van der Waals surface area contributed by atoms with Gasteiger partial charge in [-0.3, -0.25) is 4.98 Å². The standard InChI is InChI=1S/C13H15BrN2O/c1-3-15-12(11-6-7-17-13(11)14)10-5-4-9(2)16-8-10/h4-8,12,15H,3H2,1-2H3. The van der Waals surface area contributed by atoms with Crippen LogP contribution < -0.4 is 5.32 Å². The van der Waals surface area contributed by atoms with E-state index in [1.165, 1.54) is 0 Å². The van der Waals surface area contributed by atoms with Gasteiger partial charge in [0.25, 0.3) is 0 Å². The summed E-state index contributed by atoms with van der Waals surface area (Å²) >= 11 is 3.42. The van der Waals surface area contributed by atoms with Gasteiger partial charge in [0.15, 0.2) is 4.67 Å². The van der Waals surface area contributed by atoms with E-state index in [2.05, 4.69) is 39.2 Å². The number of hydrogen-bond acceptors (Lipinski definition) is 3. The predicted molar refractivity (Wildman–Crippen MR) is 70.9 cm³/mol. The molecule has 0 saturated carbocycles. The van der Waals surface area contributed by atoms with Crippen LogP contribution in [0.2, 0.25) is 0 Å². The highest BCUT2D eigenvalue weighted by Crippen LogP contribution is 2.29. The maximum atomic E-state index is 5.29. The van der Waals surface area contributed by atoms with Crippen molar-refractivity contribution in [1.82, 2.24) is 10.3 Å². The molecule has 0 spiro atoms. The number of nitrogens with one attached hydrogen (secondary N) is 1. The number of aryl methyl sites for hydroxylation is 1. The van der Waals surface area contributed by atoms with Crippen molar-refractivity contribution in [3.05, 3.63) is 52.1 Å². The zero-order valence-electron chi connectivity index (χ0n) is 9.90. The number of halogens is 1. The minimum absolute atomic E-state index is 0.112. The molecule has 0 aromatic carbocycles. The Hall–Kier alpha value is -1.13. The lowest BCUT2D eigenvalue weighted by molar-refractivity contribution is 0.526. The van der Waals surface area contributed by atoms with Crippen LogP contribution in [0.25, 0.3) is 0 Å². The monoisotopic (exact) mass is 294 g/mol. The second-order valence-corrected chi connectivity index (χ2v) is 4.59. The predicted octanol–water partition coefficient (Wildman–Crippen LogP) is 3.44. The molecule has 1 atom stereocenters. The average Bonchev–Trinajstić information content (AvgIpc) is 2.74. The average molecular weight is 295 g/mol. The summed E-state index contributed by atoms with van der Waals surface area (Å²) in [7, 11) is 0. The smallest absolute Gasteiger partial charge is 0.174 e. The summed E-state index contributed by atoms with van der Waals surface area (Å²) in [6.07, 6.45) is 3.59. The molecular weight excluding hydrogens is 280 g/mol. The molecular formula is C13H15BrN2O. The summed E-state index contributed by atoms with van der Waals surface area (Å²) < 4.78 is 6.06. The number of hydrogen-bond donors (Lipinski definition) is 1. The molecule has 2 rings (SSSR count). The highest BCUT2D eigenvalue weighted by atomic mass is 79.9. The van der Waals surface area contributed by atoms with Crippen LogP contribution in [0.4, 0.5) is 0 Å². The van der Waals surface area contributed by atoms with Crippen molar-refractivity contribution in [2.45, 2.75) is 19.9 Å². The fourth-order valence-corrected chi connectivity index (χ4v) is 2.24. The first-order valence-corrected chi connectivity index (χ1v) is 6.40. The van der Waals surface area contributed by atoms with Crippen LogP contribution in [0.3, 0.4) is 0 Å². The van der Waals surface area contributed by atoms with E-state index in [0.29, 0.717) is 0 Å². The molecule has 2 heterocycles. The Labute approximate surface area is 109 Å². The third-order valence-corrected chi connectivity index (χ3v) is 3.28. The molecule has 2 aromatic heterocycles. The molecule has 17 heavy (non-hydrogen) atoms. The summed E-state index contributed by atoms with van der Waals surface area (Å²) in [5.74, 6) is 0. The molecule has 0 fully saturated rings. The quantitative estimate of drug-likeness (QED) is 0.939. The second-order valence-electron chi connectivity index (χ2n) is 3.87. The highest BCUT2D eigenvalue weighted by molar-refractivity contribution is 9.10. The maximum absolute atomic E-state index is 5.29. The van der Waals surface area contributed by atoms with E-state index in [1.54, 1.807) is 6.26 Å². The molecule has 90 valence electrons. The van der Waals surface area contributed by atoms with E-state index in [0.717, 1.165) is 28.0 Å². The number of nitrogens with zero attached hydrogens (tertiary/aromatic N) is 1. The van der Waals surface area contributed by atoms with Crippen LogP contribution in [0.1, 0.15) is 29.8 Å². The fraction of sp³-hybridized carbons (Fsp3) is 0.308. The van der Waals surface area contributed by atoms with Crippen molar-refractivity contribution < 1.29 is 4.42 Å².